The number of hydroxylamine groups is 2. The molecule has 0 atom stereocenters. The summed E-state index contributed by atoms with van der Waals surface area (Å²) in [6.07, 6.45) is 1.99. The van der Waals surface area contributed by atoms with Crippen LogP contribution in [-0.4, -0.2) is 46.4 Å². The first-order valence-electron chi connectivity index (χ1n) is 9.07. The summed E-state index contributed by atoms with van der Waals surface area (Å²) in [5, 5.41) is 34.6. The second kappa shape index (κ2) is 16.8. The molecule has 3 rings (SSSR count). The van der Waals surface area contributed by atoms with E-state index in [1.807, 2.05) is 29.7 Å². The van der Waals surface area contributed by atoms with Gasteiger partial charge in [0.05, 0.1) is 10.2 Å². The topological polar surface area (TPSA) is 152 Å². The highest BCUT2D eigenvalue weighted by Gasteiger charge is 2.16. The number of rotatable bonds is 7. The van der Waals surface area contributed by atoms with E-state index < -0.39 is 5.82 Å². The SMILES string of the molecule is CNO.II.N=Cc1ccc(CCNc2nonc2C(=Nc2ccc(F)c(Br)c2)NO)cc1. The molecule has 2 aromatic carbocycles. The average molecular weight is 748 g/mol. The summed E-state index contributed by atoms with van der Waals surface area (Å²) in [5.74, 6) is -0.119. The Morgan fingerprint density at radius 2 is 1.88 bits per heavy atom. The van der Waals surface area contributed by atoms with Crippen LogP contribution in [0, 0.1) is 11.2 Å². The molecular formula is C19H21BrFI2N7O3. The number of nitrogens with zero attached hydrogens (tertiary/aromatic N) is 3. The van der Waals surface area contributed by atoms with E-state index in [0.29, 0.717) is 24.5 Å². The Balaban J connectivity index is 0.00000101. The maximum absolute atomic E-state index is 13.4. The zero-order valence-electron chi connectivity index (χ0n) is 17.2. The van der Waals surface area contributed by atoms with E-state index in [1.165, 1.54) is 31.5 Å². The second-order valence-electron chi connectivity index (χ2n) is 5.92. The molecule has 3 aromatic rings. The Hall–Kier alpha value is -1.73. The number of hydrogen-bond acceptors (Lipinski definition) is 9. The van der Waals surface area contributed by atoms with Crippen molar-refractivity contribution >= 4 is 76.7 Å². The summed E-state index contributed by atoms with van der Waals surface area (Å²) in [7, 11) is 1.43. The van der Waals surface area contributed by atoms with Gasteiger partial charge in [-0.3, -0.25) is 10.7 Å². The van der Waals surface area contributed by atoms with Crippen LogP contribution in [0.2, 0.25) is 0 Å². The van der Waals surface area contributed by atoms with Gasteiger partial charge in [0.15, 0.2) is 11.5 Å². The van der Waals surface area contributed by atoms with Gasteiger partial charge in [-0.1, -0.05) is 24.3 Å². The molecule has 1 heterocycles. The van der Waals surface area contributed by atoms with E-state index >= 15 is 0 Å². The number of aromatic nitrogens is 2. The normalized spacial score (nSPS) is 10.3. The number of hydrogen-bond donors (Lipinski definition) is 6. The number of nitrogens with one attached hydrogen (secondary N) is 4. The first kappa shape index (κ1) is 29.3. The van der Waals surface area contributed by atoms with Crippen molar-refractivity contribution in [3.63, 3.8) is 0 Å². The fraction of sp³-hybridized carbons (Fsp3) is 0.158. The van der Waals surface area contributed by atoms with Crippen LogP contribution in [0.1, 0.15) is 16.8 Å². The van der Waals surface area contributed by atoms with Crippen molar-refractivity contribution in [2.45, 2.75) is 6.42 Å². The monoisotopic (exact) mass is 747 g/mol. The largest absolute Gasteiger partial charge is 0.365 e. The van der Waals surface area contributed by atoms with Crippen LogP contribution < -0.4 is 16.3 Å². The molecule has 10 nitrogen and oxygen atoms in total. The van der Waals surface area contributed by atoms with Crippen LogP contribution in [0.15, 0.2) is 56.6 Å². The summed E-state index contributed by atoms with van der Waals surface area (Å²) in [5.41, 5.74) is 6.21. The summed E-state index contributed by atoms with van der Waals surface area (Å²) in [6, 6.07) is 11.8. The van der Waals surface area contributed by atoms with E-state index in [0.717, 1.165) is 11.1 Å². The molecule has 0 aliphatic carbocycles. The third-order valence-corrected chi connectivity index (χ3v) is 4.42. The minimum atomic E-state index is -0.420. The van der Waals surface area contributed by atoms with Gasteiger partial charge >= 0.3 is 0 Å². The lowest BCUT2D eigenvalue weighted by atomic mass is 10.1. The van der Waals surface area contributed by atoms with E-state index in [9.17, 15) is 9.60 Å². The molecule has 0 amide bonds. The fourth-order valence-corrected chi connectivity index (χ4v) is 2.75. The van der Waals surface area contributed by atoms with Gasteiger partial charge < -0.3 is 15.9 Å². The Labute approximate surface area is 221 Å². The average Bonchev–Trinajstić information content (AvgIpc) is 3.30. The molecule has 1 aromatic heterocycles. The van der Waals surface area contributed by atoms with Crippen molar-refractivity contribution in [1.29, 1.82) is 5.41 Å². The summed E-state index contributed by atoms with van der Waals surface area (Å²) < 4.78 is 18.4. The molecular weight excluding hydrogens is 727 g/mol. The van der Waals surface area contributed by atoms with Gasteiger partial charge in [0.1, 0.15) is 5.82 Å². The highest BCUT2D eigenvalue weighted by atomic mass is 128. The van der Waals surface area contributed by atoms with Gasteiger partial charge in [-0.2, -0.15) is 0 Å². The van der Waals surface area contributed by atoms with Crippen LogP contribution >= 0.6 is 53.2 Å². The lowest BCUT2D eigenvalue weighted by Gasteiger charge is -2.06. The Morgan fingerprint density at radius 3 is 2.45 bits per heavy atom. The summed E-state index contributed by atoms with van der Waals surface area (Å²) in [4.78, 5) is 4.20. The van der Waals surface area contributed by atoms with E-state index in [1.54, 1.807) is 5.48 Å². The molecule has 178 valence electrons. The van der Waals surface area contributed by atoms with Crippen LogP contribution in [0.4, 0.5) is 15.9 Å². The first-order chi connectivity index (χ1) is 16.0. The number of anilines is 1. The van der Waals surface area contributed by atoms with Crippen molar-refractivity contribution in [2.75, 3.05) is 18.9 Å². The minimum Gasteiger partial charge on any atom is -0.365 e. The Morgan fingerprint density at radius 1 is 1.21 bits per heavy atom. The zero-order valence-corrected chi connectivity index (χ0v) is 23.1. The van der Waals surface area contributed by atoms with Crippen molar-refractivity contribution in [3.8, 4) is 0 Å². The highest BCUT2D eigenvalue weighted by molar-refractivity contribution is 15.0. The van der Waals surface area contributed by atoms with Gasteiger partial charge in [-0.15, -0.1) is 0 Å². The number of halogens is 4. The smallest absolute Gasteiger partial charge is 0.202 e. The lowest BCUT2D eigenvalue weighted by Crippen LogP contribution is -2.22. The molecule has 0 aliphatic rings. The minimum absolute atomic E-state index is 0.00223. The number of aliphatic imine (C=N–C) groups is 1. The molecule has 0 saturated heterocycles. The lowest BCUT2D eigenvalue weighted by molar-refractivity contribution is 0.194. The maximum Gasteiger partial charge on any atom is 0.202 e. The van der Waals surface area contributed by atoms with Crippen molar-refractivity contribution in [1.82, 2.24) is 21.3 Å². The van der Waals surface area contributed by atoms with Crippen LogP contribution in [0.3, 0.4) is 0 Å². The van der Waals surface area contributed by atoms with Crippen molar-refractivity contribution < 1.29 is 19.4 Å². The molecule has 0 spiro atoms. The van der Waals surface area contributed by atoms with Crippen molar-refractivity contribution in [3.05, 3.63) is 69.6 Å². The Kier molecular flexibility index (Phi) is 14.9. The van der Waals surface area contributed by atoms with E-state index in [2.05, 4.69) is 73.8 Å². The van der Waals surface area contributed by atoms with Crippen LogP contribution in [0.5, 0.6) is 0 Å². The predicted molar refractivity (Wildman–Crippen MR) is 145 cm³/mol. The molecule has 0 bridgehead atoms. The number of amidine groups is 1. The molecule has 0 unspecified atom stereocenters. The molecule has 6 N–H and O–H groups in total. The molecule has 0 radical (unpaired) electrons. The third-order valence-electron chi connectivity index (χ3n) is 3.82. The quantitative estimate of drug-likeness (QED) is 0.0852. The molecule has 14 heteroatoms. The van der Waals surface area contributed by atoms with Gasteiger partial charge in [0.2, 0.25) is 5.82 Å². The van der Waals surface area contributed by atoms with E-state index in [-0.39, 0.29) is 16.0 Å². The highest BCUT2D eigenvalue weighted by Crippen LogP contribution is 2.23. The van der Waals surface area contributed by atoms with Gasteiger partial charge in [-0.25, -0.2) is 19.5 Å². The Bertz CT molecular complexity index is 1020. The molecule has 0 saturated carbocycles. The predicted octanol–water partition coefficient (Wildman–Crippen LogP) is 5.05. The summed E-state index contributed by atoms with van der Waals surface area (Å²) in [6.45, 7) is 0.534. The second-order valence-corrected chi connectivity index (χ2v) is 6.77. The van der Waals surface area contributed by atoms with Crippen LogP contribution in [0.25, 0.3) is 0 Å². The van der Waals surface area contributed by atoms with E-state index in [4.69, 9.17) is 15.2 Å². The fourth-order valence-electron chi connectivity index (χ4n) is 2.38. The van der Waals surface area contributed by atoms with Gasteiger partial charge in [0.25, 0.3) is 0 Å². The summed E-state index contributed by atoms with van der Waals surface area (Å²) >= 11 is 7.33. The van der Waals surface area contributed by atoms with Gasteiger partial charge in [0, 0.05) is 57.0 Å². The maximum atomic E-state index is 13.4. The van der Waals surface area contributed by atoms with Crippen LogP contribution in [-0.2, 0) is 6.42 Å². The standard InChI is InChI=1S/C18H16BrFN6O2.CH5NO.I2/c19-14-9-13(5-6-15(14)20)23-18(24-27)16-17(26-28-25-16)22-8-7-11-1-3-12(10-21)4-2-11;1-2-3;1-2/h1-6,9-10,21,27H,7-8H2,(H,22,26)(H,23,24);2-3H,1H3;. The first-order valence-corrected chi connectivity index (χ1v) is 16.2. The molecule has 0 fully saturated rings. The zero-order chi connectivity index (χ0) is 24.6. The third kappa shape index (κ3) is 9.97. The van der Waals surface area contributed by atoms with Crippen molar-refractivity contribution in [2.24, 2.45) is 4.99 Å². The number of benzene rings is 2. The van der Waals surface area contributed by atoms with Gasteiger partial charge in [-0.05, 0) is 62.0 Å². The molecule has 33 heavy (non-hydrogen) atoms. The molecule has 0 aliphatic heterocycles.